The molecule has 0 aromatic carbocycles. The Balaban J connectivity index is 0. The first-order valence-corrected chi connectivity index (χ1v) is 9.58. The Morgan fingerprint density at radius 1 is 0.382 bits per heavy atom. The molecule has 0 aliphatic rings. The van der Waals surface area contributed by atoms with Crippen molar-refractivity contribution in [1.82, 2.24) is 19.9 Å². The summed E-state index contributed by atoms with van der Waals surface area (Å²) in [5.41, 5.74) is 3.10. The molecule has 10 heteroatoms. The van der Waals surface area contributed by atoms with E-state index in [0.29, 0.717) is 0 Å². The normalized spacial score (nSPS) is 8.59. The van der Waals surface area contributed by atoms with Gasteiger partial charge >= 0.3 is 42.1 Å². The van der Waals surface area contributed by atoms with E-state index in [1.54, 1.807) is 76.2 Å². The van der Waals surface area contributed by atoms with Crippen molar-refractivity contribution in [2.45, 2.75) is 27.7 Å². The third-order valence-corrected chi connectivity index (χ3v) is 3.45. The van der Waals surface area contributed by atoms with Gasteiger partial charge in [-0.25, -0.2) is 0 Å². The fourth-order valence-electron chi connectivity index (χ4n) is 2.07. The Morgan fingerprint density at radius 2 is 0.559 bits per heavy atom. The summed E-state index contributed by atoms with van der Waals surface area (Å²) in [5.74, 6) is -0.648. The Morgan fingerprint density at radius 3 is 0.647 bits per heavy atom. The minimum Gasteiger partial charge on any atom is -0.859 e. The number of aromatic nitrogens is 4. The van der Waals surface area contributed by atoms with Crippen LogP contribution in [0.15, 0.2) is 72.8 Å². The van der Waals surface area contributed by atoms with Crippen LogP contribution in [0.3, 0.4) is 0 Å². The minimum absolute atomic E-state index is 0. The summed E-state index contributed by atoms with van der Waals surface area (Å²) in [5, 5.41) is 41.5. The second-order valence-electron chi connectivity index (χ2n) is 6.47. The molecule has 8 nitrogen and oxygen atoms in total. The Kier molecular flexibility index (Phi) is 18.2. The maximum atomic E-state index is 10.4. The van der Waals surface area contributed by atoms with Gasteiger partial charge in [0.05, 0.1) is 0 Å². The molecule has 4 heterocycles. The third-order valence-electron chi connectivity index (χ3n) is 3.45. The fourth-order valence-corrected chi connectivity index (χ4v) is 2.07. The summed E-state index contributed by atoms with van der Waals surface area (Å²) in [6.07, 6.45) is 0. The SMILES string of the molecule is Cc1cccc([O-])n1.Cc1cccc([O-])n1.Cc1cccc([O-])n1.Cc1cccc([O-])n1.[Mo+2].[Mo+2]. The Hall–Kier alpha value is -2.82. The van der Waals surface area contributed by atoms with E-state index < -0.39 is 0 Å². The van der Waals surface area contributed by atoms with Gasteiger partial charge in [0.15, 0.2) is 0 Å². The van der Waals surface area contributed by atoms with Gasteiger partial charge in [0.25, 0.3) is 0 Å². The number of hydrogen-bond acceptors (Lipinski definition) is 8. The molecule has 0 saturated heterocycles. The number of nitrogens with zero attached hydrogens (tertiary/aromatic N) is 4. The number of hydrogen-bond donors (Lipinski definition) is 0. The first-order valence-electron chi connectivity index (χ1n) is 9.58. The van der Waals surface area contributed by atoms with Crippen LogP contribution in [0.4, 0.5) is 0 Å². The van der Waals surface area contributed by atoms with E-state index in [4.69, 9.17) is 0 Å². The summed E-state index contributed by atoms with van der Waals surface area (Å²) in [4.78, 5) is 14.5. The largest absolute Gasteiger partial charge is 2.00 e. The molecule has 176 valence electrons. The Bertz CT molecular complexity index is 859. The molecule has 0 saturated carbocycles. The van der Waals surface area contributed by atoms with Crippen LogP contribution >= 0.6 is 0 Å². The molecule has 0 unspecified atom stereocenters. The molecule has 4 aromatic heterocycles. The van der Waals surface area contributed by atoms with Crippen LogP contribution in [0.5, 0.6) is 23.5 Å². The van der Waals surface area contributed by atoms with Crippen LogP contribution in [-0.4, -0.2) is 19.9 Å². The van der Waals surface area contributed by atoms with Gasteiger partial charge < -0.3 is 20.4 Å². The van der Waals surface area contributed by atoms with Gasteiger partial charge in [-0.1, -0.05) is 48.5 Å². The smallest absolute Gasteiger partial charge is 0.859 e. The summed E-state index contributed by atoms with van der Waals surface area (Å²) < 4.78 is 0. The third kappa shape index (κ3) is 16.8. The molecule has 0 aliphatic carbocycles. The fraction of sp³-hybridized carbons (Fsp3) is 0.167. The topological polar surface area (TPSA) is 144 Å². The van der Waals surface area contributed by atoms with Gasteiger partial charge in [0.2, 0.25) is 0 Å². The molecule has 0 radical (unpaired) electrons. The van der Waals surface area contributed by atoms with Crippen LogP contribution in [0.25, 0.3) is 0 Å². The predicted molar refractivity (Wildman–Crippen MR) is 114 cm³/mol. The number of aryl methyl sites for hydroxylation is 4. The van der Waals surface area contributed by atoms with Crippen LogP contribution in [0.2, 0.25) is 0 Å². The molecule has 0 aliphatic heterocycles. The summed E-state index contributed by atoms with van der Waals surface area (Å²) in [7, 11) is 0. The van der Waals surface area contributed by atoms with Crippen molar-refractivity contribution in [2.75, 3.05) is 0 Å². The van der Waals surface area contributed by atoms with Crippen molar-refractivity contribution in [2.24, 2.45) is 0 Å². The molecular weight excluding hydrogens is 600 g/mol. The van der Waals surface area contributed by atoms with Gasteiger partial charge in [0, 0.05) is 22.8 Å². The molecule has 4 aromatic rings. The van der Waals surface area contributed by atoms with Crippen molar-refractivity contribution in [3.8, 4) is 23.5 Å². The van der Waals surface area contributed by atoms with E-state index in [-0.39, 0.29) is 65.7 Å². The second kappa shape index (κ2) is 18.6. The first kappa shape index (κ1) is 33.4. The maximum absolute atomic E-state index is 10.4. The van der Waals surface area contributed by atoms with Crippen molar-refractivity contribution in [1.29, 1.82) is 0 Å². The molecular formula is C24H24Mo2N4O4. The monoisotopic (exact) mass is 628 g/mol. The van der Waals surface area contributed by atoms with Gasteiger partial charge in [0.1, 0.15) is 0 Å². The van der Waals surface area contributed by atoms with E-state index in [9.17, 15) is 20.4 Å². The molecule has 0 fully saturated rings. The number of rotatable bonds is 0. The average molecular weight is 624 g/mol. The van der Waals surface area contributed by atoms with Crippen molar-refractivity contribution >= 4 is 0 Å². The molecule has 4 rings (SSSR count). The minimum atomic E-state index is -0.162. The van der Waals surface area contributed by atoms with E-state index >= 15 is 0 Å². The molecule has 0 atom stereocenters. The van der Waals surface area contributed by atoms with Crippen LogP contribution in [0.1, 0.15) is 22.8 Å². The maximum Gasteiger partial charge on any atom is 2.00 e. The zero-order chi connectivity index (χ0) is 23.9. The van der Waals surface area contributed by atoms with E-state index in [1.165, 1.54) is 24.3 Å². The summed E-state index contributed by atoms with van der Waals surface area (Å²) >= 11 is 0. The summed E-state index contributed by atoms with van der Waals surface area (Å²) in [6.45, 7) is 7.17. The predicted octanol–water partition coefficient (Wildman–Crippen LogP) is 1.85. The van der Waals surface area contributed by atoms with Crippen LogP contribution in [0, 0.1) is 27.7 Å². The van der Waals surface area contributed by atoms with E-state index in [0.717, 1.165) is 22.8 Å². The van der Waals surface area contributed by atoms with Crippen LogP contribution < -0.4 is 20.4 Å². The second-order valence-corrected chi connectivity index (χ2v) is 6.47. The average Bonchev–Trinajstić information content (AvgIpc) is 2.69. The standard InChI is InChI=1S/4C6H7NO.2Mo/c4*1-5-3-2-4-6(8)7-5;;/h4*2-4H,1H3,(H,7,8);;/q;;;;2*+2/p-4. The van der Waals surface area contributed by atoms with E-state index in [1.807, 2.05) is 0 Å². The Labute approximate surface area is 228 Å². The quantitative estimate of drug-likeness (QED) is 0.270. The van der Waals surface area contributed by atoms with Gasteiger partial charge in [-0.2, -0.15) is 0 Å². The molecule has 0 spiro atoms. The van der Waals surface area contributed by atoms with Crippen LogP contribution in [-0.2, 0) is 42.1 Å². The van der Waals surface area contributed by atoms with Gasteiger partial charge in [-0.15, -0.1) is 0 Å². The summed E-state index contributed by atoms with van der Waals surface area (Å²) in [6, 6.07) is 19.7. The molecule has 0 N–H and O–H groups in total. The number of pyridine rings is 4. The molecule has 0 bridgehead atoms. The van der Waals surface area contributed by atoms with Crippen molar-refractivity contribution in [3.05, 3.63) is 95.6 Å². The van der Waals surface area contributed by atoms with Gasteiger partial charge in [-0.05, 0) is 75.5 Å². The molecule has 0 amide bonds. The van der Waals surface area contributed by atoms with Gasteiger partial charge in [-0.3, -0.25) is 19.9 Å². The van der Waals surface area contributed by atoms with Crippen molar-refractivity contribution < 1.29 is 62.6 Å². The molecule has 34 heavy (non-hydrogen) atoms. The first-order chi connectivity index (χ1) is 15.2. The van der Waals surface area contributed by atoms with E-state index in [2.05, 4.69) is 19.9 Å². The zero-order valence-electron chi connectivity index (χ0n) is 19.2. The van der Waals surface area contributed by atoms with Crippen molar-refractivity contribution in [3.63, 3.8) is 0 Å². The zero-order valence-corrected chi connectivity index (χ0v) is 23.2.